The lowest BCUT2D eigenvalue weighted by atomic mass is 10.1. The molecule has 2 aromatic heterocycles. The van der Waals surface area contributed by atoms with E-state index in [0.717, 1.165) is 35.2 Å². The number of hydrogen-bond donors (Lipinski definition) is 0. The Labute approximate surface area is 183 Å². The molecule has 0 bridgehead atoms. The summed E-state index contributed by atoms with van der Waals surface area (Å²) in [5.74, 6) is 1.39. The average Bonchev–Trinajstić information content (AvgIpc) is 3.19. The van der Waals surface area contributed by atoms with Gasteiger partial charge >= 0.3 is 0 Å². The topological polar surface area (TPSA) is 73.8 Å². The average molecular weight is 441 g/mol. The van der Waals surface area contributed by atoms with E-state index in [1.54, 1.807) is 10.9 Å². The van der Waals surface area contributed by atoms with Crippen LogP contribution in [0.15, 0.2) is 63.2 Å². The minimum Gasteiger partial charge on any atom is -0.416 e. The van der Waals surface area contributed by atoms with Gasteiger partial charge in [0.2, 0.25) is 5.89 Å². The molecule has 30 heavy (non-hydrogen) atoms. The number of hydrogen-bond acceptors (Lipinski definition) is 6. The van der Waals surface area contributed by atoms with Crippen molar-refractivity contribution in [2.24, 2.45) is 0 Å². The molecule has 154 valence electrons. The second kappa shape index (κ2) is 9.45. The SMILES string of the molecule is Cc1cccc2c(=O)n(CCCCSc3nnc(Cc4ccccc4Cl)o3)cnc12. The minimum absolute atomic E-state index is 0.0115. The minimum atomic E-state index is 0.0115. The summed E-state index contributed by atoms with van der Waals surface area (Å²) in [6, 6.07) is 13.3. The van der Waals surface area contributed by atoms with E-state index in [2.05, 4.69) is 15.2 Å². The second-order valence-electron chi connectivity index (χ2n) is 7.00. The van der Waals surface area contributed by atoms with Crippen molar-refractivity contribution in [3.63, 3.8) is 0 Å². The molecule has 0 saturated heterocycles. The summed E-state index contributed by atoms with van der Waals surface area (Å²) in [5.41, 5.74) is 2.77. The van der Waals surface area contributed by atoms with E-state index in [1.807, 2.05) is 49.4 Å². The van der Waals surface area contributed by atoms with E-state index in [9.17, 15) is 4.79 Å². The Morgan fingerprint density at radius 1 is 1.10 bits per heavy atom. The Bertz CT molecular complexity index is 1220. The van der Waals surface area contributed by atoms with Crippen molar-refractivity contribution in [2.75, 3.05) is 5.75 Å². The first-order chi connectivity index (χ1) is 14.6. The first-order valence-electron chi connectivity index (χ1n) is 9.75. The Hall–Kier alpha value is -2.64. The van der Waals surface area contributed by atoms with Crippen LogP contribution < -0.4 is 5.56 Å². The summed E-state index contributed by atoms with van der Waals surface area (Å²) >= 11 is 7.70. The number of fused-ring (bicyclic) bond motifs is 1. The molecule has 0 aliphatic rings. The molecule has 0 spiro atoms. The molecular formula is C22H21ClN4O2S. The molecule has 2 heterocycles. The first-order valence-corrected chi connectivity index (χ1v) is 11.1. The number of aryl methyl sites for hydroxylation is 2. The van der Waals surface area contributed by atoms with Gasteiger partial charge in [0.25, 0.3) is 10.8 Å². The molecule has 4 aromatic rings. The summed E-state index contributed by atoms with van der Waals surface area (Å²) in [6.07, 6.45) is 3.95. The largest absolute Gasteiger partial charge is 0.416 e. The van der Waals surface area contributed by atoms with E-state index < -0.39 is 0 Å². The lowest BCUT2D eigenvalue weighted by Gasteiger charge is -2.07. The molecular weight excluding hydrogens is 420 g/mol. The molecule has 0 aliphatic heterocycles. The third-order valence-corrected chi connectivity index (χ3v) is 6.10. The molecule has 4 rings (SSSR count). The summed E-state index contributed by atoms with van der Waals surface area (Å²) in [6.45, 7) is 2.60. The third-order valence-electron chi connectivity index (χ3n) is 4.82. The van der Waals surface area contributed by atoms with Crippen molar-refractivity contribution in [3.8, 4) is 0 Å². The molecule has 0 fully saturated rings. The molecule has 0 amide bonds. The zero-order valence-corrected chi connectivity index (χ0v) is 18.1. The fourth-order valence-electron chi connectivity index (χ4n) is 3.21. The quantitative estimate of drug-likeness (QED) is 0.286. The van der Waals surface area contributed by atoms with Crippen LogP contribution in [0.25, 0.3) is 10.9 Å². The van der Waals surface area contributed by atoms with Crippen molar-refractivity contribution in [1.82, 2.24) is 19.7 Å². The van der Waals surface area contributed by atoms with E-state index in [4.69, 9.17) is 16.0 Å². The summed E-state index contributed by atoms with van der Waals surface area (Å²) in [5, 5.41) is 10.1. The highest BCUT2D eigenvalue weighted by Crippen LogP contribution is 2.22. The Kier molecular flexibility index (Phi) is 6.50. The van der Waals surface area contributed by atoms with Crippen molar-refractivity contribution in [3.05, 3.63) is 81.2 Å². The van der Waals surface area contributed by atoms with Gasteiger partial charge in [-0.3, -0.25) is 9.36 Å². The zero-order valence-electron chi connectivity index (χ0n) is 16.5. The number of unbranched alkanes of at least 4 members (excludes halogenated alkanes) is 1. The number of nitrogens with zero attached hydrogens (tertiary/aromatic N) is 4. The van der Waals surface area contributed by atoms with E-state index in [1.165, 1.54) is 11.8 Å². The second-order valence-corrected chi connectivity index (χ2v) is 8.45. The number of rotatable bonds is 8. The number of benzene rings is 2. The maximum absolute atomic E-state index is 12.6. The molecule has 0 N–H and O–H groups in total. The summed E-state index contributed by atoms with van der Waals surface area (Å²) in [7, 11) is 0. The third kappa shape index (κ3) is 4.74. The van der Waals surface area contributed by atoms with E-state index >= 15 is 0 Å². The number of para-hydroxylation sites is 1. The van der Waals surface area contributed by atoms with Gasteiger partial charge in [-0.2, -0.15) is 0 Å². The van der Waals surface area contributed by atoms with Crippen LogP contribution in [-0.4, -0.2) is 25.5 Å². The smallest absolute Gasteiger partial charge is 0.276 e. The van der Waals surface area contributed by atoms with Crippen molar-refractivity contribution < 1.29 is 4.42 Å². The van der Waals surface area contributed by atoms with Gasteiger partial charge in [0.1, 0.15) is 0 Å². The van der Waals surface area contributed by atoms with Crippen LogP contribution in [-0.2, 0) is 13.0 Å². The van der Waals surface area contributed by atoms with Crippen molar-refractivity contribution in [2.45, 2.75) is 38.0 Å². The number of thioether (sulfide) groups is 1. The van der Waals surface area contributed by atoms with Crippen LogP contribution in [0, 0.1) is 6.92 Å². The van der Waals surface area contributed by atoms with Crippen LogP contribution in [0.3, 0.4) is 0 Å². The van der Waals surface area contributed by atoms with Crippen molar-refractivity contribution >= 4 is 34.3 Å². The molecule has 0 aliphatic carbocycles. The molecule has 0 unspecified atom stereocenters. The van der Waals surface area contributed by atoms with Gasteiger partial charge in [-0.1, -0.05) is 53.7 Å². The standard InChI is InChI=1S/C22H21ClN4O2S/c1-15-7-6-9-17-20(15)24-14-27(21(17)28)11-4-5-12-30-22-26-25-19(29-22)13-16-8-2-3-10-18(16)23/h2-3,6-10,14H,4-5,11-13H2,1H3. The molecule has 2 aromatic carbocycles. The molecule has 6 nitrogen and oxygen atoms in total. The van der Waals surface area contributed by atoms with Gasteiger partial charge in [-0.15, -0.1) is 10.2 Å². The summed E-state index contributed by atoms with van der Waals surface area (Å²) in [4.78, 5) is 17.1. The lowest BCUT2D eigenvalue weighted by Crippen LogP contribution is -2.21. The van der Waals surface area contributed by atoms with Crippen molar-refractivity contribution in [1.29, 1.82) is 0 Å². The van der Waals surface area contributed by atoms with Crippen LogP contribution in [0.2, 0.25) is 5.02 Å². The molecule has 0 atom stereocenters. The molecule has 0 radical (unpaired) electrons. The lowest BCUT2D eigenvalue weighted by molar-refractivity contribution is 0.420. The normalized spacial score (nSPS) is 11.3. The summed E-state index contributed by atoms with van der Waals surface area (Å²) < 4.78 is 7.38. The molecule has 8 heteroatoms. The fraction of sp³-hybridized carbons (Fsp3) is 0.273. The number of halogens is 1. The van der Waals surface area contributed by atoms with Gasteiger partial charge in [-0.05, 0) is 43.0 Å². The highest BCUT2D eigenvalue weighted by atomic mass is 35.5. The van der Waals surface area contributed by atoms with E-state index in [0.29, 0.717) is 34.5 Å². The fourth-order valence-corrected chi connectivity index (χ4v) is 4.19. The van der Waals surface area contributed by atoms with Gasteiger partial charge < -0.3 is 4.42 Å². The van der Waals surface area contributed by atoms with E-state index in [-0.39, 0.29) is 5.56 Å². The monoisotopic (exact) mass is 440 g/mol. The van der Waals surface area contributed by atoms with Gasteiger partial charge in [0.15, 0.2) is 0 Å². The van der Waals surface area contributed by atoms with Crippen LogP contribution in [0.1, 0.15) is 29.9 Å². The predicted molar refractivity (Wildman–Crippen MR) is 119 cm³/mol. The van der Waals surface area contributed by atoms with Gasteiger partial charge in [-0.25, -0.2) is 4.98 Å². The maximum atomic E-state index is 12.6. The highest BCUT2D eigenvalue weighted by Gasteiger charge is 2.10. The van der Waals surface area contributed by atoms with Gasteiger partial charge in [0.05, 0.1) is 23.7 Å². The zero-order chi connectivity index (χ0) is 20.9. The van der Waals surface area contributed by atoms with Crippen LogP contribution in [0.4, 0.5) is 0 Å². The number of aromatic nitrogens is 4. The Morgan fingerprint density at radius 2 is 1.97 bits per heavy atom. The first kappa shape index (κ1) is 20.6. The highest BCUT2D eigenvalue weighted by molar-refractivity contribution is 7.99. The van der Waals surface area contributed by atoms with Gasteiger partial charge in [0, 0.05) is 17.3 Å². The van der Waals surface area contributed by atoms with Crippen LogP contribution in [0.5, 0.6) is 0 Å². The molecule has 0 saturated carbocycles. The maximum Gasteiger partial charge on any atom is 0.276 e. The Morgan fingerprint density at radius 3 is 2.83 bits per heavy atom. The predicted octanol–water partition coefficient (Wildman–Crippen LogP) is 4.90. The Balaban J connectivity index is 1.27. The van der Waals surface area contributed by atoms with Crippen LogP contribution >= 0.6 is 23.4 Å².